The van der Waals surface area contributed by atoms with Crippen LogP contribution in [0, 0.1) is 11.8 Å². The van der Waals surface area contributed by atoms with Gasteiger partial charge in [-0.3, -0.25) is 24.0 Å². The number of nitrogens with zero attached hydrogens (tertiary/aromatic N) is 5. The number of sulfonamides is 1. The second kappa shape index (κ2) is 39.7. The Morgan fingerprint density at radius 1 is 0.532 bits per heavy atom. The van der Waals surface area contributed by atoms with Crippen LogP contribution in [0.2, 0.25) is 0 Å². The highest BCUT2D eigenvalue weighted by atomic mass is 32.2. The smallest absolute Gasteiger partial charge is 0.251 e. The molecule has 0 radical (unpaired) electrons. The van der Waals surface area contributed by atoms with Crippen LogP contribution < -0.4 is 46.3 Å². The molecule has 2 atom stereocenters. The lowest BCUT2D eigenvalue weighted by molar-refractivity contribution is -0.433. The molecule has 726 valence electrons. The third-order valence-electron chi connectivity index (χ3n) is 28.0. The average molecular weight is 1980 g/mol. The highest BCUT2D eigenvalue weighted by Gasteiger charge is 2.47. The van der Waals surface area contributed by atoms with E-state index < -0.39 is 117 Å². The van der Waals surface area contributed by atoms with Crippen molar-refractivity contribution in [3.8, 4) is 22.5 Å². The fraction of sp³-hybridized carbons (Fsp3) is 0.337. The van der Waals surface area contributed by atoms with Crippen molar-refractivity contribution in [3.63, 3.8) is 0 Å². The van der Waals surface area contributed by atoms with E-state index in [1.165, 1.54) is 27.6 Å². The minimum atomic E-state index is -5.36. The van der Waals surface area contributed by atoms with Crippen molar-refractivity contribution >= 4 is 147 Å². The molecular weight excluding hydrogens is 1870 g/mol. The molecule has 9 aromatic carbocycles. The first-order valence-corrected chi connectivity index (χ1v) is 54.0. The number of anilines is 3. The van der Waals surface area contributed by atoms with Crippen LogP contribution in [0.3, 0.4) is 0 Å². The Balaban J connectivity index is 0.559. The maximum absolute atomic E-state index is 15.4. The molecule has 0 bridgehead atoms. The number of rotatable bonds is 32. The van der Waals surface area contributed by atoms with Gasteiger partial charge in [0.1, 0.15) is 70.4 Å². The number of piperidine rings is 1. The summed E-state index contributed by atoms with van der Waals surface area (Å²) < 4.78 is 195. The molecule has 5 amide bonds. The van der Waals surface area contributed by atoms with Gasteiger partial charge in [0.15, 0.2) is 12.3 Å². The average Bonchev–Trinajstić information content (AvgIpc) is 1.54. The zero-order valence-corrected chi connectivity index (χ0v) is 81.6. The van der Waals surface area contributed by atoms with Crippen molar-refractivity contribution in [1.82, 2.24) is 35.5 Å². The van der Waals surface area contributed by atoms with E-state index in [-0.39, 0.29) is 109 Å². The number of benzene rings is 10. The summed E-state index contributed by atoms with van der Waals surface area (Å²) in [7, 11) is -25.5. The number of unbranched alkanes of at least 4 members (excludes halogenated alkanes) is 2. The third-order valence-corrected chi connectivity index (χ3v) is 33.3. The van der Waals surface area contributed by atoms with Crippen LogP contribution in [0.15, 0.2) is 253 Å². The van der Waals surface area contributed by atoms with E-state index in [0.717, 1.165) is 104 Å². The van der Waals surface area contributed by atoms with Gasteiger partial charge in [0.05, 0.1) is 36.0 Å². The SMILES string of the molecule is CC[N+]1=C(/C=C/C=C/C=C2\N(CCCCCC(=O)NCCNC(=O)[C@H](CCNC(=O)C3CCN(S(=O)(=O)c4ccccc4-c4c5ccc(=[N+]6CCc7ccccc76)cc-5oc5cc(N6CCc7ccccc76)ccc45)CC3)NC(=O)[C@H](CC3CCCCC3)NC(=O)c3ccccc3)c3ccc4c(S(=O)(=O)[O-])cc(S(=O)(=O)[O-])cc4c3C2(C)C)C(C)(C)c2c1ccc1c(S(=O)(=O)[O-])cc(S(=O)(=O)[O-])cc21. The van der Waals surface area contributed by atoms with Gasteiger partial charge in [0.25, 0.3) is 5.91 Å². The normalized spacial score (nSPS) is 17.6. The second-order valence-corrected chi connectivity index (χ2v) is 44.8. The lowest BCUT2D eigenvalue weighted by Gasteiger charge is -2.31. The van der Waals surface area contributed by atoms with Crippen LogP contribution in [0.25, 0.3) is 55.0 Å². The summed E-state index contributed by atoms with van der Waals surface area (Å²) in [5.74, 6) is -2.37. The highest BCUT2D eigenvalue weighted by Crippen LogP contribution is 2.54. The van der Waals surface area contributed by atoms with Crippen LogP contribution in [0.4, 0.5) is 28.4 Å². The number of carbonyl (C=O) groups is 5. The largest absolute Gasteiger partial charge is 0.744 e. The first kappa shape index (κ1) is 98.2. The van der Waals surface area contributed by atoms with Crippen molar-refractivity contribution in [3.05, 3.63) is 257 Å². The summed E-state index contributed by atoms with van der Waals surface area (Å²) in [4.78, 5) is 72.0. The molecule has 17 rings (SSSR count). The molecule has 2 aliphatic carbocycles. The van der Waals surface area contributed by atoms with E-state index in [2.05, 4.69) is 72.5 Å². The number of carbonyl (C=O) groups excluding carboxylic acids is 5. The van der Waals surface area contributed by atoms with Crippen LogP contribution >= 0.6 is 0 Å². The first-order chi connectivity index (χ1) is 66.3. The molecule has 6 heterocycles. The summed E-state index contributed by atoms with van der Waals surface area (Å²) in [6, 6.07) is 51.3. The highest BCUT2D eigenvalue weighted by molar-refractivity contribution is 7.89. The van der Waals surface area contributed by atoms with Gasteiger partial charge in [-0.25, -0.2) is 42.1 Å². The standard InChI is InChI=1S/C104H110N10O20S5/c1-6-111-86-44-42-75-80(62-73(136(122,123)124)64-91(75)138(128,129)130)97(86)103(2,3)93(111)35-15-9-16-36-94-104(4,5)98-81-63-74(137(125,126)127)65-92(139(131,132)133)76(81)43-45-87(98)114(94)54-24-10-17-37-95(115)105-52-53-107-101(118)82(108-102(119)83(59-66-25-11-7-12-26-66)109-100(117)69-29-13-8-14-30-69)46-51-106-99(116)70-47-55-110(56-48-70)135(120,121)90-34-23-20-31-79(90)96-77-40-38-71(112-57-49-67-27-18-21-32-84(67)112)60-88(77)134-89-61-72(39-41-78(89)96)113-58-50-68-28-19-22-33-85(68)113/h8-9,13-16,18-23,27-36,38-45,60-66,70,82-83H,6-7,10-12,17,24-26,37,46-59H2,1-5H3,(H7-2,105,106,107,108,109,115,116,117,118,119,122,123,124,125,126,127,128,129,130,131,132,133)/p-2/t82-,83-/m0/s1. The molecule has 9 aromatic rings. The lowest BCUT2D eigenvalue weighted by Crippen LogP contribution is -2.55. The van der Waals surface area contributed by atoms with E-state index in [4.69, 9.17) is 4.42 Å². The van der Waals surface area contributed by atoms with Crippen LogP contribution in [-0.2, 0) is 93.3 Å². The number of nitrogens with one attached hydrogen (secondary N) is 5. The van der Waals surface area contributed by atoms with E-state index in [1.54, 1.807) is 85.0 Å². The van der Waals surface area contributed by atoms with E-state index in [9.17, 15) is 75.9 Å². The number of amides is 5. The van der Waals surface area contributed by atoms with E-state index >= 15 is 8.42 Å². The van der Waals surface area contributed by atoms with Crippen LogP contribution in [0.5, 0.6) is 0 Å². The maximum Gasteiger partial charge on any atom is 0.251 e. The number of hydrogen-bond acceptors (Lipinski definition) is 22. The molecule has 35 heteroatoms. The number of hydrogen-bond donors (Lipinski definition) is 5. The Morgan fingerprint density at radius 3 is 1.89 bits per heavy atom. The predicted molar refractivity (Wildman–Crippen MR) is 525 cm³/mol. The van der Waals surface area contributed by atoms with Crippen molar-refractivity contribution in [2.24, 2.45) is 11.8 Å². The van der Waals surface area contributed by atoms with Gasteiger partial charge in [-0.1, -0.05) is 149 Å². The molecule has 2 fully saturated rings. The molecule has 0 aromatic heterocycles. The molecule has 1 saturated carbocycles. The lowest BCUT2D eigenvalue weighted by atomic mass is 9.79. The van der Waals surface area contributed by atoms with E-state index in [0.29, 0.717) is 106 Å². The minimum absolute atomic E-state index is 0.0183. The molecule has 0 spiro atoms. The van der Waals surface area contributed by atoms with Gasteiger partial charge in [0.2, 0.25) is 50.4 Å². The molecule has 8 aliphatic rings. The van der Waals surface area contributed by atoms with Crippen molar-refractivity contribution in [2.75, 3.05) is 68.7 Å². The third kappa shape index (κ3) is 20.3. The van der Waals surface area contributed by atoms with Gasteiger partial charge in [-0.05, 0) is 184 Å². The Morgan fingerprint density at radius 2 is 1.19 bits per heavy atom. The fourth-order valence-electron chi connectivity index (χ4n) is 21.2. The molecule has 1 saturated heterocycles. The summed E-state index contributed by atoms with van der Waals surface area (Å²) in [5.41, 5.74) is 9.63. The Bertz CT molecular complexity index is 7590. The van der Waals surface area contributed by atoms with E-state index in [1.807, 2.05) is 105 Å². The summed E-state index contributed by atoms with van der Waals surface area (Å²) in [5, 5.41) is 16.1. The molecule has 139 heavy (non-hydrogen) atoms. The summed E-state index contributed by atoms with van der Waals surface area (Å²) >= 11 is 0. The topological polar surface area (TPSA) is 437 Å². The molecule has 30 nitrogen and oxygen atoms in total. The quantitative estimate of drug-likeness (QED) is 0.00859. The maximum atomic E-state index is 15.4. The van der Waals surface area contributed by atoms with Gasteiger partial charge in [-0.15, -0.1) is 0 Å². The van der Waals surface area contributed by atoms with Gasteiger partial charge >= 0.3 is 0 Å². The Labute approximate surface area is 808 Å². The van der Waals surface area contributed by atoms with Crippen molar-refractivity contribution in [1.29, 1.82) is 0 Å². The minimum Gasteiger partial charge on any atom is -0.744 e. The molecule has 0 unspecified atom stereocenters. The second-order valence-electron chi connectivity index (χ2n) is 37.4. The van der Waals surface area contributed by atoms with Crippen molar-refractivity contribution in [2.45, 2.75) is 178 Å². The molecule has 6 aliphatic heterocycles. The molecular formula is C104H108N10O20S5-2. The first-order valence-electron chi connectivity index (χ1n) is 46.9. The van der Waals surface area contributed by atoms with Crippen molar-refractivity contribution < 1.29 is 93.3 Å². The Hall–Kier alpha value is -12.4. The summed E-state index contributed by atoms with van der Waals surface area (Å²) in [6.07, 6.45) is 17.0. The number of para-hydroxylation sites is 2. The van der Waals surface area contributed by atoms with Gasteiger partial charge in [-0.2, -0.15) is 13.5 Å². The zero-order chi connectivity index (χ0) is 98.4. The monoisotopic (exact) mass is 1980 g/mol. The van der Waals surface area contributed by atoms with Gasteiger partial charge < -0.3 is 59.0 Å². The summed E-state index contributed by atoms with van der Waals surface area (Å²) in [6.45, 7) is 11.1. The molecule has 5 N–H and O–H groups in total. The number of fused-ring (bicyclic) bond motifs is 10. The predicted octanol–water partition coefficient (Wildman–Crippen LogP) is 13.3. The Kier molecular flexibility index (Phi) is 28.0. The zero-order valence-electron chi connectivity index (χ0n) is 77.5. The number of allylic oxidation sites excluding steroid dienone is 6. The van der Waals surface area contributed by atoms with Crippen LogP contribution in [-0.4, -0.2) is 175 Å². The van der Waals surface area contributed by atoms with Gasteiger partial charge in [0, 0.05) is 167 Å². The van der Waals surface area contributed by atoms with Crippen LogP contribution in [0.1, 0.15) is 151 Å². The fourth-order valence-corrected chi connectivity index (χ4v) is 25.5.